The Labute approximate surface area is 170 Å². The summed E-state index contributed by atoms with van der Waals surface area (Å²) in [6.45, 7) is 5.16. The summed E-state index contributed by atoms with van der Waals surface area (Å²) in [5.74, 6) is 0.610. The molecule has 0 aliphatic carbocycles. The lowest BCUT2D eigenvalue weighted by Gasteiger charge is -2.29. The van der Waals surface area contributed by atoms with Gasteiger partial charge in [-0.05, 0) is 36.8 Å². The van der Waals surface area contributed by atoms with E-state index in [1.165, 1.54) is 12.1 Å². The van der Waals surface area contributed by atoms with Crippen LogP contribution in [-0.2, 0) is 4.79 Å². The van der Waals surface area contributed by atoms with Gasteiger partial charge in [0, 0.05) is 49.5 Å². The Balaban J connectivity index is 1.61. The van der Waals surface area contributed by atoms with Crippen LogP contribution in [0.25, 0.3) is 0 Å². The molecule has 2 aromatic rings. The molecule has 2 heterocycles. The number of halogens is 1. The highest BCUT2D eigenvalue weighted by Crippen LogP contribution is 2.45. The molecule has 2 amide bonds. The number of carbonyl (C=O) groups excluding carboxylic acids is 2. The summed E-state index contributed by atoms with van der Waals surface area (Å²) in [6, 6.07) is 11.7. The molecule has 0 spiro atoms. The second-order valence-corrected chi connectivity index (χ2v) is 7.94. The van der Waals surface area contributed by atoms with Crippen molar-refractivity contribution in [2.24, 2.45) is 11.8 Å². The lowest BCUT2D eigenvalue weighted by Crippen LogP contribution is -2.36. The molecule has 0 aromatic heterocycles. The highest BCUT2D eigenvalue weighted by molar-refractivity contribution is 5.96. The zero-order chi connectivity index (χ0) is 20.7. The van der Waals surface area contributed by atoms with Gasteiger partial charge in [-0.2, -0.15) is 0 Å². The van der Waals surface area contributed by atoms with Gasteiger partial charge in [-0.1, -0.05) is 18.2 Å². The predicted octanol–water partition coefficient (Wildman–Crippen LogP) is 3.43. The van der Waals surface area contributed by atoms with E-state index in [9.17, 15) is 14.0 Å². The SMILES string of the molecule is COc1cccc(C(=O)N2C[C@@H]3CN(C(C)=O)[C@H](c4cccc(F)c4)[C@@H]3C2)c1C. The van der Waals surface area contributed by atoms with Gasteiger partial charge in [0.1, 0.15) is 11.6 Å². The molecule has 5 nitrogen and oxygen atoms in total. The highest BCUT2D eigenvalue weighted by atomic mass is 19.1. The van der Waals surface area contributed by atoms with Gasteiger partial charge in [-0.25, -0.2) is 4.39 Å². The van der Waals surface area contributed by atoms with Gasteiger partial charge in [-0.3, -0.25) is 9.59 Å². The minimum absolute atomic E-state index is 0.0184. The Morgan fingerprint density at radius 1 is 1.10 bits per heavy atom. The smallest absolute Gasteiger partial charge is 0.254 e. The summed E-state index contributed by atoms with van der Waals surface area (Å²) >= 11 is 0. The second-order valence-electron chi connectivity index (χ2n) is 7.94. The molecule has 29 heavy (non-hydrogen) atoms. The average molecular weight is 396 g/mol. The van der Waals surface area contributed by atoms with Crippen LogP contribution in [0.2, 0.25) is 0 Å². The highest BCUT2D eigenvalue weighted by Gasteiger charge is 2.49. The fourth-order valence-corrected chi connectivity index (χ4v) is 4.89. The number of amides is 2. The number of benzene rings is 2. The molecule has 2 aliphatic heterocycles. The van der Waals surface area contributed by atoms with Crippen LogP contribution >= 0.6 is 0 Å². The third kappa shape index (κ3) is 3.37. The fraction of sp³-hybridized carbons (Fsp3) is 0.391. The summed E-state index contributed by atoms with van der Waals surface area (Å²) in [6.07, 6.45) is 0. The molecule has 2 aromatic carbocycles. The number of hydrogen-bond acceptors (Lipinski definition) is 3. The number of nitrogens with zero attached hydrogens (tertiary/aromatic N) is 2. The molecular formula is C23H25FN2O3. The molecule has 6 heteroatoms. The third-order valence-electron chi connectivity index (χ3n) is 6.28. The minimum Gasteiger partial charge on any atom is -0.496 e. The lowest BCUT2D eigenvalue weighted by molar-refractivity contribution is -0.130. The number of likely N-dealkylation sites (tertiary alicyclic amines) is 2. The van der Waals surface area contributed by atoms with Crippen molar-refractivity contribution < 1.29 is 18.7 Å². The topological polar surface area (TPSA) is 49.9 Å². The van der Waals surface area contributed by atoms with Crippen LogP contribution in [-0.4, -0.2) is 48.4 Å². The molecule has 0 N–H and O–H groups in total. The van der Waals surface area contributed by atoms with Gasteiger partial charge < -0.3 is 14.5 Å². The zero-order valence-corrected chi connectivity index (χ0v) is 16.9. The Morgan fingerprint density at radius 3 is 2.55 bits per heavy atom. The number of ether oxygens (including phenoxy) is 1. The Bertz CT molecular complexity index is 961. The molecule has 3 atom stereocenters. The first kappa shape index (κ1) is 19.4. The van der Waals surface area contributed by atoms with Gasteiger partial charge in [0.05, 0.1) is 13.2 Å². The van der Waals surface area contributed by atoms with Crippen molar-refractivity contribution in [3.8, 4) is 5.75 Å². The Morgan fingerprint density at radius 2 is 1.86 bits per heavy atom. The minimum atomic E-state index is -0.313. The van der Waals surface area contributed by atoms with E-state index in [0.29, 0.717) is 30.9 Å². The summed E-state index contributed by atoms with van der Waals surface area (Å²) < 4.78 is 19.2. The van der Waals surface area contributed by atoms with E-state index in [4.69, 9.17) is 4.74 Å². The van der Waals surface area contributed by atoms with Gasteiger partial charge in [0.15, 0.2) is 0 Å². The fourth-order valence-electron chi connectivity index (χ4n) is 4.89. The van der Waals surface area contributed by atoms with Crippen LogP contribution in [0.4, 0.5) is 4.39 Å². The monoisotopic (exact) mass is 396 g/mol. The van der Waals surface area contributed by atoms with Crippen LogP contribution in [0, 0.1) is 24.6 Å². The number of fused-ring (bicyclic) bond motifs is 1. The van der Waals surface area contributed by atoms with E-state index in [1.54, 1.807) is 20.1 Å². The maximum atomic E-state index is 13.9. The molecule has 0 bridgehead atoms. The first-order valence-electron chi connectivity index (χ1n) is 9.86. The summed E-state index contributed by atoms with van der Waals surface area (Å²) in [5.41, 5.74) is 2.25. The van der Waals surface area contributed by atoms with E-state index in [1.807, 2.05) is 41.0 Å². The molecule has 0 unspecified atom stereocenters. The average Bonchev–Trinajstić information content (AvgIpc) is 3.25. The zero-order valence-electron chi connectivity index (χ0n) is 16.9. The maximum Gasteiger partial charge on any atom is 0.254 e. The largest absolute Gasteiger partial charge is 0.496 e. The normalized spacial score (nSPS) is 23.2. The second kappa shape index (κ2) is 7.50. The summed E-state index contributed by atoms with van der Waals surface area (Å²) in [4.78, 5) is 29.1. The maximum absolute atomic E-state index is 13.9. The number of methoxy groups -OCH3 is 1. The van der Waals surface area contributed by atoms with Crippen molar-refractivity contribution in [3.05, 3.63) is 65.0 Å². The Kier molecular flexibility index (Phi) is 5.03. The van der Waals surface area contributed by atoms with Crippen LogP contribution < -0.4 is 4.74 Å². The molecule has 0 saturated carbocycles. The van der Waals surface area contributed by atoms with E-state index < -0.39 is 0 Å². The van der Waals surface area contributed by atoms with E-state index in [0.717, 1.165) is 11.1 Å². The molecule has 0 radical (unpaired) electrons. The van der Waals surface area contributed by atoms with Gasteiger partial charge in [0.25, 0.3) is 5.91 Å². The van der Waals surface area contributed by atoms with Crippen molar-refractivity contribution >= 4 is 11.8 Å². The van der Waals surface area contributed by atoms with Crippen LogP contribution in [0.1, 0.15) is 34.5 Å². The molecule has 2 saturated heterocycles. The van der Waals surface area contributed by atoms with Crippen molar-refractivity contribution in [2.45, 2.75) is 19.9 Å². The predicted molar refractivity (Wildman–Crippen MR) is 107 cm³/mol. The van der Waals surface area contributed by atoms with Crippen LogP contribution in [0.5, 0.6) is 5.75 Å². The van der Waals surface area contributed by atoms with Gasteiger partial charge in [-0.15, -0.1) is 0 Å². The standard InChI is InChI=1S/C23H25FN2O3/c1-14-19(8-5-9-21(14)29-3)23(28)25-11-17-12-26(15(2)27)22(20(17)13-25)16-6-4-7-18(24)10-16/h4-10,17,20,22H,11-13H2,1-3H3/t17-,20-,22-/m1/s1. The van der Waals surface area contributed by atoms with Crippen LogP contribution in [0.15, 0.2) is 42.5 Å². The lowest BCUT2D eigenvalue weighted by atomic mass is 9.89. The number of hydrogen-bond donors (Lipinski definition) is 0. The molecule has 152 valence electrons. The number of carbonyl (C=O) groups is 2. The summed E-state index contributed by atoms with van der Waals surface area (Å²) in [5, 5.41) is 0. The van der Waals surface area contributed by atoms with Crippen molar-refractivity contribution in [3.63, 3.8) is 0 Å². The van der Waals surface area contributed by atoms with Gasteiger partial charge >= 0.3 is 0 Å². The van der Waals surface area contributed by atoms with Crippen molar-refractivity contribution in [2.75, 3.05) is 26.7 Å². The molecule has 4 rings (SSSR count). The first-order chi connectivity index (χ1) is 13.9. The van der Waals surface area contributed by atoms with E-state index in [2.05, 4.69) is 0 Å². The quantitative estimate of drug-likeness (QED) is 0.799. The van der Waals surface area contributed by atoms with E-state index >= 15 is 0 Å². The first-order valence-corrected chi connectivity index (χ1v) is 9.86. The number of rotatable bonds is 3. The van der Waals surface area contributed by atoms with Crippen molar-refractivity contribution in [1.82, 2.24) is 9.80 Å². The third-order valence-corrected chi connectivity index (χ3v) is 6.28. The molecule has 2 fully saturated rings. The molecule has 2 aliphatic rings. The van der Waals surface area contributed by atoms with E-state index in [-0.39, 0.29) is 35.5 Å². The van der Waals surface area contributed by atoms with Crippen LogP contribution in [0.3, 0.4) is 0 Å². The summed E-state index contributed by atoms with van der Waals surface area (Å²) in [7, 11) is 1.59. The molecular weight excluding hydrogens is 371 g/mol. The Hall–Kier alpha value is -2.89. The van der Waals surface area contributed by atoms with Crippen molar-refractivity contribution in [1.29, 1.82) is 0 Å². The van der Waals surface area contributed by atoms with Gasteiger partial charge in [0.2, 0.25) is 5.91 Å².